The molecule has 0 spiro atoms. The SMILES string of the molecule is ClNc1ccccc1.F.F.F.[B]. The van der Waals surface area contributed by atoms with Gasteiger partial charge in [0.25, 0.3) is 0 Å². The third kappa shape index (κ3) is 7.27. The summed E-state index contributed by atoms with van der Waals surface area (Å²) < 4.78 is 0. The number of hydrogen-bond acceptors (Lipinski definition) is 1. The molecule has 0 fully saturated rings. The standard InChI is InChI=1S/C6H6ClN.B.3FH/c7-8-6-4-2-1-3-5-6;;;;/h1-5,8H;;3*1H. The van der Waals surface area contributed by atoms with Gasteiger partial charge in [-0.05, 0) is 12.1 Å². The Bertz CT molecular complexity index is 164. The summed E-state index contributed by atoms with van der Waals surface area (Å²) in [5.74, 6) is 0. The van der Waals surface area contributed by atoms with Crippen molar-refractivity contribution >= 4 is 25.9 Å². The Morgan fingerprint density at radius 2 is 1.33 bits per heavy atom. The second-order valence-electron chi connectivity index (χ2n) is 1.46. The lowest BCUT2D eigenvalue weighted by Crippen LogP contribution is -1.75. The minimum atomic E-state index is 0. The van der Waals surface area contributed by atoms with Gasteiger partial charge in [0.15, 0.2) is 0 Å². The van der Waals surface area contributed by atoms with Gasteiger partial charge in [0.1, 0.15) is 0 Å². The maximum Gasteiger partial charge on any atom is 0.0491 e. The lowest BCUT2D eigenvalue weighted by molar-refractivity contribution is 1.11. The summed E-state index contributed by atoms with van der Waals surface area (Å²) >= 11 is 5.28. The summed E-state index contributed by atoms with van der Waals surface area (Å²) in [5, 5.41) is 0. The van der Waals surface area contributed by atoms with Crippen LogP contribution in [-0.4, -0.2) is 8.41 Å². The molecule has 3 radical (unpaired) electrons. The first-order valence-electron chi connectivity index (χ1n) is 2.35. The first kappa shape index (κ1) is 22.5. The maximum absolute atomic E-state index is 5.28. The van der Waals surface area contributed by atoms with Crippen LogP contribution in [0.3, 0.4) is 0 Å². The van der Waals surface area contributed by atoms with Crippen molar-refractivity contribution in [2.24, 2.45) is 0 Å². The predicted molar refractivity (Wildman–Crippen MR) is 49.2 cm³/mol. The van der Waals surface area contributed by atoms with Crippen molar-refractivity contribution in [3.8, 4) is 0 Å². The smallest absolute Gasteiger partial charge is 0.0491 e. The van der Waals surface area contributed by atoms with Crippen molar-refractivity contribution < 1.29 is 14.1 Å². The number of rotatable bonds is 1. The molecule has 0 saturated heterocycles. The van der Waals surface area contributed by atoms with Crippen LogP contribution in [-0.2, 0) is 0 Å². The highest BCUT2D eigenvalue weighted by Crippen LogP contribution is 2.04. The number of benzene rings is 1. The fraction of sp³-hybridized carbons (Fsp3) is 0. The van der Waals surface area contributed by atoms with Crippen molar-refractivity contribution in [3.63, 3.8) is 0 Å². The Kier molecular flexibility index (Phi) is 24.0. The summed E-state index contributed by atoms with van der Waals surface area (Å²) in [4.78, 5) is 2.50. The number of halogens is 4. The first-order chi connectivity index (χ1) is 3.93. The van der Waals surface area contributed by atoms with Crippen molar-refractivity contribution in [1.82, 2.24) is 0 Å². The van der Waals surface area contributed by atoms with Gasteiger partial charge in [-0.25, -0.2) is 0 Å². The zero-order valence-electron chi connectivity index (χ0n) is 6.07. The van der Waals surface area contributed by atoms with Gasteiger partial charge in [0.05, 0.1) is 0 Å². The van der Waals surface area contributed by atoms with E-state index in [1.807, 2.05) is 30.3 Å². The van der Waals surface area contributed by atoms with Crippen LogP contribution >= 0.6 is 11.8 Å². The molecule has 6 heteroatoms. The summed E-state index contributed by atoms with van der Waals surface area (Å²) in [7, 11) is 0. The second-order valence-corrected chi connectivity index (χ2v) is 1.65. The normalized spacial score (nSPS) is 5.75. The van der Waals surface area contributed by atoms with E-state index in [9.17, 15) is 0 Å². The van der Waals surface area contributed by atoms with Crippen LogP contribution in [0.15, 0.2) is 30.3 Å². The Balaban J connectivity index is -0.0000000800. The molecular formula is C6H9BClF3N. The number of nitrogens with one attached hydrogen (secondary N) is 1. The summed E-state index contributed by atoms with van der Waals surface area (Å²) in [6.45, 7) is 0. The molecule has 1 rings (SSSR count). The van der Waals surface area contributed by atoms with E-state index in [1.54, 1.807) is 0 Å². The molecule has 0 saturated carbocycles. The van der Waals surface area contributed by atoms with E-state index >= 15 is 0 Å². The number of hydrogen-bond donors (Lipinski definition) is 1. The summed E-state index contributed by atoms with van der Waals surface area (Å²) in [6, 6.07) is 9.58. The molecule has 0 aromatic heterocycles. The zero-order chi connectivity index (χ0) is 5.82. The molecule has 69 valence electrons. The Morgan fingerprint density at radius 1 is 0.917 bits per heavy atom. The Morgan fingerprint density at radius 3 is 1.58 bits per heavy atom. The van der Waals surface area contributed by atoms with E-state index in [1.165, 1.54) is 0 Å². The highest BCUT2D eigenvalue weighted by molar-refractivity contribution is 6.23. The molecule has 1 aromatic rings. The van der Waals surface area contributed by atoms with Crippen LogP contribution in [0, 0.1) is 0 Å². The van der Waals surface area contributed by atoms with Gasteiger partial charge in [-0.15, -0.1) is 0 Å². The fourth-order valence-electron chi connectivity index (χ4n) is 0.501. The number of anilines is 1. The average molecular weight is 198 g/mol. The molecule has 12 heavy (non-hydrogen) atoms. The monoisotopic (exact) mass is 198 g/mol. The predicted octanol–water partition coefficient (Wildman–Crippen LogP) is 2.33. The third-order valence-electron chi connectivity index (χ3n) is 0.883. The Labute approximate surface area is 75.9 Å². The fourth-order valence-corrected chi connectivity index (χ4v) is 0.627. The van der Waals surface area contributed by atoms with E-state index in [0.29, 0.717) is 0 Å². The zero-order valence-corrected chi connectivity index (χ0v) is 6.82. The van der Waals surface area contributed by atoms with Crippen molar-refractivity contribution in [2.75, 3.05) is 4.84 Å². The maximum atomic E-state index is 5.28. The average Bonchev–Trinajstić information content (AvgIpc) is 1.90. The van der Waals surface area contributed by atoms with Crippen molar-refractivity contribution in [1.29, 1.82) is 0 Å². The van der Waals surface area contributed by atoms with E-state index in [-0.39, 0.29) is 22.5 Å². The van der Waals surface area contributed by atoms with Gasteiger partial charge in [-0.1, -0.05) is 18.2 Å². The molecule has 0 aliphatic rings. The van der Waals surface area contributed by atoms with Crippen LogP contribution in [0.25, 0.3) is 0 Å². The molecule has 0 aliphatic heterocycles. The van der Waals surface area contributed by atoms with Crippen LogP contribution in [0.1, 0.15) is 0 Å². The quantitative estimate of drug-likeness (QED) is 0.539. The van der Waals surface area contributed by atoms with Gasteiger partial charge < -0.3 is 0 Å². The lowest BCUT2D eigenvalue weighted by atomic mass is 10.3. The van der Waals surface area contributed by atoms with Crippen LogP contribution < -0.4 is 4.84 Å². The van der Waals surface area contributed by atoms with Gasteiger partial charge in [0, 0.05) is 25.9 Å². The van der Waals surface area contributed by atoms with E-state index < -0.39 is 0 Å². The van der Waals surface area contributed by atoms with Crippen LogP contribution in [0.4, 0.5) is 19.8 Å². The van der Waals surface area contributed by atoms with Gasteiger partial charge >= 0.3 is 0 Å². The van der Waals surface area contributed by atoms with Crippen LogP contribution in [0.2, 0.25) is 0 Å². The first-order valence-corrected chi connectivity index (χ1v) is 2.73. The topological polar surface area (TPSA) is 12.0 Å². The third-order valence-corrected chi connectivity index (χ3v) is 1.10. The molecule has 1 aromatic carbocycles. The molecule has 1 nitrogen and oxygen atoms in total. The largest absolute Gasteiger partial charge is 0.299 e. The second kappa shape index (κ2) is 12.8. The van der Waals surface area contributed by atoms with E-state index in [4.69, 9.17) is 11.8 Å². The lowest BCUT2D eigenvalue weighted by Gasteiger charge is -1.91. The van der Waals surface area contributed by atoms with Crippen molar-refractivity contribution in [2.45, 2.75) is 0 Å². The molecule has 1 N–H and O–H groups in total. The van der Waals surface area contributed by atoms with Gasteiger partial charge in [-0.3, -0.25) is 18.9 Å². The highest BCUT2D eigenvalue weighted by Gasteiger charge is 1.79. The Hall–Kier alpha value is -0.835. The molecule has 0 atom stereocenters. The van der Waals surface area contributed by atoms with Gasteiger partial charge in [0.2, 0.25) is 0 Å². The summed E-state index contributed by atoms with van der Waals surface area (Å²) in [6.07, 6.45) is 0. The number of para-hydroxylation sites is 1. The summed E-state index contributed by atoms with van der Waals surface area (Å²) in [5.41, 5.74) is 0.925. The molecule has 0 heterocycles. The molecule has 0 aliphatic carbocycles. The molecule has 0 bridgehead atoms. The minimum absolute atomic E-state index is 0. The molecule has 0 unspecified atom stereocenters. The van der Waals surface area contributed by atoms with Crippen molar-refractivity contribution in [3.05, 3.63) is 30.3 Å². The molecular weight excluding hydrogens is 189 g/mol. The van der Waals surface area contributed by atoms with E-state index in [0.717, 1.165) is 5.69 Å². The highest BCUT2D eigenvalue weighted by atomic mass is 35.5. The van der Waals surface area contributed by atoms with E-state index in [2.05, 4.69) is 4.84 Å². The van der Waals surface area contributed by atoms with Crippen LogP contribution in [0.5, 0.6) is 0 Å². The van der Waals surface area contributed by atoms with Gasteiger partial charge in [-0.2, -0.15) is 0 Å². The molecule has 0 amide bonds. The minimum Gasteiger partial charge on any atom is -0.299 e.